The van der Waals surface area contributed by atoms with E-state index >= 15 is 0 Å². The van der Waals surface area contributed by atoms with Gasteiger partial charge < -0.3 is 4.74 Å². The van der Waals surface area contributed by atoms with E-state index in [0.29, 0.717) is 15.2 Å². The molecule has 2 heterocycles. The summed E-state index contributed by atoms with van der Waals surface area (Å²) in [5.74, 6) is -0.961. The lowest BCUT2D eigenvalue weighted by Crippen LogP contribution is -2.29. The highest BCUT2D eigenvalue weighted by molar-refractivity contribution is 7.90. The minimum atomic E-state index is -3.93. The molecular formula is C14H12ClN5O5S. The lowest BCUT2D eigenvalue weighted by molar-refractivity contribution is 0.0523. The zero-order chi connectivity index (χ0) is 19.1. The average molecular weight is 398 g/mol. The molecule has 0 saturated heterocycles. The fourth-order valence-electron chi connectivity index (χ4n) is 2.24. The molecule has 0 unspecified atom stereocenters. The quantitative estimate of drug-likeness (QED) is 0.583. The summed E-state index contributed by atoms with van der Waals surface area (Å²) < 4.78 is 30.4. The maximum atomic E-state index is 12.7. The van der Waals surface area contributed by atoms with Crippen LogP contribution in [-0.4, -0.2) is 51.9 Å². The second-order valence-electron chi connectivity index (χ2n) is 5.17. The summed E-state index contributed by atoms with van der Waals surface area (Å²) in [4.78, 5) is 24.8. The van der Waals surface area contributed by atoms with Crippen molar-refractivity contribution < 1.29 is 17.9 Å². The summed E-state index contributed by atoms with van der Waals surface area (Å²) in [7, 11) is -3.93. The molecule has 0 bridgehead atoms. The second-order valence-corrected chi connectivity index (χ2v) is 7.54. The van der Waals surface area contributed by atoms with Gasteiger partial charge in [-0.1, -0.05) is 22.9 Å². The van der Waals surface area contributed by atoms with Crippen LogP contribution in [0.4, 0.5) is 0 Å². The van der Waals surface area contributed by atoms with Crippen molar-refractivity contribution in [2.24, 2.45) is 0 Å². The van der Waals surface area contributed by atoms with Crippen LogP contribution in [0.3, 0.4) is 0 Å². The third-order valence-electron chi connectivity index (χ3n) is 3.30. The van der Waals surface area contributed by atoms with Crippen LogP contribution in [0.2, 0.25) is 5.02 Å². The van der Waals surface area contributed by atoms with Gasteiger partial charge in [0.25, 0.3) is 0 Å². The lowest BCUT2D eigenvalue weighted by atomic mass is 10.3. The molecule has 0 fully saturated rings. The summed E-state index contributed by atoms with van der Waals surface area (Å²) in [6.07, 6.45) is 0.862. The molecule has 10 nitrogen and oxygen atoms in total. The zero-order valence-electron chi connectivity index (χ0n) is 13.6. The van der Waals surface area contributed by atoms with Gasteiger partial charge in [-0.15, -0.1) is 10.2 Å². The van der Waals surface area contributed by atoms with Gasteiger partial charge in [-0.3, -0.25) is 0 Å². The SMILES string of the molecule is CCOC(=O)c1c(S(C)(=O)=O)nn2c(=O)n(-c3cccc(Cl)c3)nnc12. The molecule has 1 aromatic carbocycles. The fourth-order valence-corrected chi connectivity index (χ4v) is 3.20. The number of carbonyl (C=O) groups excluding carboxylic acids is 1. The van der Waals surface area contributed by atoms with E-state index in [1.165, 1.54) is 6.07 Å². The van der Waals surface area contributed by atoms with Crippen molar-refractivity contribution in [3.8, 4) is 5.69 Å². The van der Waals surface area contributed by atoms with Crippen molar-refractivity contribution >= 4 is 33.1 Å². The van der Waals surface area contributed by atoms with Crippen molar-refractivity contribution in [2.75, 3.05) is 12.9 Å². The molecule has 0 radical (unpaired) electrons. The highest BCUT2D eigenvalue weighted by atomic mass is 35.5. The number of sulfone groups is 1. The van der Waals surface area contributed by atoms with Crippen molar-refractivity contribution in [1.82, 2.24) is 24.6 Å². The standard InChI is InChI=1S/C14H12ClN5O5S/c1-3-25-13(21)10-11-16-18-19(9-6-4-5-8(15)7-9)14(22)20(11)17-12(10)26(2,23)24/h4-7H,3H2,1-2H3. The van der Waals surface area contributed by atoms with Crippen molar-refractivity contribution in [3.63, 3.8) is 0 Å². The summed E-state index contributed by atoms with van der Waals surface area (Å²) >= 11 is 5.90. The van der Waals surface area contributed by atoms with E-state index in [1.54, 1.807) is 25.1 Å². The number of benzene rings is 1. The van der Waals surface area contributed by atoms with Crippen LogP contribution >= 0.6 is 11.6 Å². The molecule has 0 spiro atoms. The highest BCUT2D eigenvalue weighted by Crippen LogP contribution is 2.19. The van der Waals surface area contributed by atoms with Crippen molar-refractivity contribution in [2.45, 2.75) is 11.9 Å². The minimum absolute atomic E-state index is 0.00633. The first-order chi connectivity index (χ1) is 12.2. The van der Waals surface area contributed by atoms with Crippen LogP contribution in [0.25, 0.3) is 11.3 Å². The molecule has 0 N–H and O–H groups in total. The van der Waals surface area contributed by atoms with E-state index in [2.05, 4.69) is 15.4 Å². The number of nitrogens with zero attached hydrogens (tertiary/aromatic N) is 5. The van der Waals surface area contributed by atoms with Gasteiger partial charge in [-0.25, -0.2) is 18.0 Å². The van der Waals surface area contributed by atoms with E-state index in [1.807, 2.05) is 0 Å². The maximum absolute atomic E-state index is 12.7. The molecule has 0 aliphatic rings. The lowest BCUT2D eigenvalue weighted by Gasteiger charge is -2.04. The first kappa shape index (κ1) is 18.0. The van der Waals surface area contributed by atoms with Gasteiger partial charge in [0.15, 0.2) is 14.9 Å². The van der Waals surface area contributed by atoms with Crippen LogP contribution in [0.1, 0.15) is 17.3 Å². The van der Waals surface area contributed by atoms with E-state index in [4.69, 9.17) is 16.3 Å². The summed E-state index contributed by atoms with van der Waals surface area (Å²) in [6, 6.07) is 6.24. The molecule has 0 aliphatic carbocycles. The van der Waals surface area contributed by atoms with Crippen molar-refractivity contribution in [1.29, 1.82) is 0 Å². The van der Waals surface area contributed by atoms with E-state index < -0.39 is 32.1 Å². The number of esters is 1. The summed E-state index contributed by atoms with van der Waals surface area (Å²) in [5, 5.41) is 11.0. The third kappa shape index (κ3) is 3.06. The molecule has 3 aromatic rings. The number of rotatable bonds is 4. The fraction of sp³-hybridized carbons (Fsp3) is 0.214. The Morgan fingerprint density at radius 2 is 2.08 bits per heavy atom. The third-order valence-corrected chi connectivity index (χ3v) is 4.53. The number of carbonyl (C=O) groups is 1. The molecule has 0 aliphatic heterocycles. The molecule has 12 heteroatoms. The monoisotopic (exact) mass is 397 g/mol. The molecule has 2 aromatic heterocycles. The Bertz CT molecular complexity index is 1180. The predicted octanol–water partition coefficient (Wildman–Crippen LogP) is 0.509. The van der Waals surface area contributed by atoms with E-state index in [0.717, 1.165) is 10.9 Å². The Hall–Kier alpha value is -2.79. The molecule has 136 valence electrons. The van der Waals surface area contributed by atoms with Gasteiger partial charge in [0.05, 0.1) is 12.3 Å². The molecule has 3 rings (SSSR count). The van der Waals surface area contributed by atoms with Gasteiger partial charge >= 0.3 is 11.7 Å². The number of fused-ring (bicyclic) bond motifs is 1. The molecular weight excluding hydrogens is 386 g/mol. The number of halogens is 1. The number of ether oxygens (including phenoxy) is 1. The number of hydrogen-bond donors (Lipinski definition) is 0. The van der Waals surface area contributed by atoms with Gasteiger partial charge in [0, 0.05) is 11.3 Å². The van der Waals surface area contributed by atoms with E-state index in [-0.39, 0.29) is 12.3 Å². The Morgan fingerprint density at radius 1 is 1.35 bits per heavy atom. The predicted molar refractivity (Wildman–Crippen MR) is 90.5 cm³/mol. The number of aromatic nitrogens is 5. The van der Waals surface area contributed by atoms with Crippen LogP contribution in [0.5, 0.6) is 0 Å². The Labute approximate surface area is 151 Å². The molecule has 0 amide bonds. The Morgan fingerprint density at radius 3 is 2.69 bits per heavy atom. The molecule has 26 heavy (non-hydrogen) atoms. The normalized spacial score (nSPS) is 11.7. The van der Waals surface area contributed by atoms with Crippen LogP contribution in [-0.2, 0) is 14.6 Å². The Kier molecular flexibility index (Phi) is 4.50. The van der Waals surface area contributed by atoms with E-state index in [9.17, 15) is 18.0 Å². The first-order valence-corrected chi connectivity index (χ1v) is 9.53. The van der Waals surface area contributed by atoms with Crippen LogP contribution in [0.15, 0.2) is 34.1 Å². The number of hydrogen-bond acceptors (Lipinski definition) is 8. The van der Waals surface area contributed by atoms with Gasteiger partial charge in [-0.2, -0.15) is 9.20 Å². The van der Waals surface area contributed by atoms with Crippen LogP contribution < -0.4 is 5.69 Å². The minimum Gasteiger partial charge on any atom is -0.462 e. The topological polar surface area (TPSA) is 126 Å². The highest BCUT2D eigenvalue weighted by Gasteiger charge is 2.30. The van der Waals surface area contributed by atoms with Gasteiger partial charge in [-0.05, 0) is 25.1 Å². The largest absolute Gasteiger partial charge is 0.462 e. The average Bonchev–Trinajstić information content (AvgIpc) is 2.96. The van der Waals surface area contributed by atoms with Crippen molar-refractivity contribution in [3.05, 3.63) is 45.3 Å². The van der Waals surface area contributed by atoms with Crippen LogP contribution in [0, 0.1) is 0 Å². The summed E-state index contributed by atoms with van der Waals surface area (Å²) in [5.41, 5.74) is -1.27. The van der Waals surface area contributed by atoms with Gasteiger partial charge in [0.2, 0.25) is 5.65 Å². The molecule has 0 saturated carbocycles. The summed E-state index contributed by atoms with van der Waals surface area (Å²) in [6.45, 7) is 1.56. The Balaban J connectivity index is 2.34. The molecule has 0 atom stereocenters. The second kappa shape index (κ2) is 6.50. The maximum Gasteiger partial charge on any atom is 0.373 e. The first-order valence-electron chi connectivity index (χ1n) is 7.26. The smallest absolute Gasteiger partial charge is 0.373 e. The zero-order valence-corrected chi connectivity index (χ0v) is 15.2. The van der Waals surface area contributed by atoms with Gasteiger partial charge in [0.1, 0.15) is 5.56 Å².